The number of aliphatic hydroxyl groups is 1. The van der Waals surface area contributed by atoms with Gasteiger partial charge in [-0.2, -0.15) is 0 Å². The van der Waals surface area contributed by atoms with Gasteiger partial charge in [0.05, 0.1) is 11.8 Å². The fourth-order valence-corrected chi connectivity index (χ4v) is 4.82. The maximum absolute atomic E-state index is 11.9. The third-order valence-corrected chi connectivity index (χ3v) is 6.23. The number of rotatable bonds is 5. The van der Waals surface area contributed by atoms with E-state index in [0.717, 1.165) is 31.5 Å². The molecule has 4 rings (SSSR count). The van der Waals surface area contributed by atoms with E-state index in [2.05, 4.69) is 40.5 Å². The Morgan fingerprint density at radius 2 is 2.00 bits per heavy atom. The average molecular weight is 399 g/mol. The van der Waals surface area contributed by atoms with Gasteiger partial charge in [-0.3, -0.25) is 4.79 Å². The van der Waals surface area contributed by atoms with E-state index in [4.69, 9.17) is 11.6 Å². The van der Waals surface area contributed by atoms with Crippen molar-refractivity contribution >= 4 is 23.2 Å². The van der Waals surface area contributed by atoms with Crippen molar-refractivity contribution < 1.29 is 9.90 Å². The molecule has 2 N–H and O–H groups in total. The Hall–Kier alpha value is -1.88. The number of nitrogens with zero attached hydrogens (tertiary/aromatic N) is 1. The summed E-state index contributed by atoms with van der Waals surface area (Å²) >= 11 is 6.43. The molecule has 1 fully saturated rings. The van der Waals surface area contributed by atoms with Crippen LogP contribution in [0.2, 0.25) is 5.02 Å². The second-order valence-electron chi connectivity index (χ2n) is 8.02. The SMILES string of the molecule is O=C1CCc2ccc(Cl)c(C(O)CN3CCCC(Cc4ccccc4)C3)c2N1. The van der Waals surface area contributed by atoms with Gasteiger partial charge in [-0.05, 0) is 55.3 Å². The largest absolute Gasteiger partial charge is 0.387 e. The van der Waals surface area contributed by atoms with E-state index in [0.29, 0.717) is 41.6 Å². The standard InChI is InChI=1S/C23H27ClN2O2/c24-19-10-8-18-9-11-21(28)25-23(18)22(19)20(27)15-26-12-4-7-17(14-26)13-16-5-2-1-3-6-16/h1-3,5-6,8,10,17,20,27H,4,7,9,11-15H2,(H,25,28). The minimum Gasteiger partial charge on any atom is -0.387 e. The van der Waals surface area contributed by atoms with Gasteiger partial charge >= 0.3 is 0 Å². The minimum absolute atomic E-state index is 0.0101. The van der Waals surface area contributed by atoms with E-state index in [-0.39, 0.29) is 5.91 Å². The van der Waals surface area contributed by atoms with Gasteiger partial charge in [-0.1, -0.05) is 48.0 Å². The molecule has 5 heteroatoms. The summed E-state index contributed by atoms with van der Waals surface area (Å²) in [5.41, 5.74) is 3.81. The van der Waals surface area contributed by atoms with Crippen molar-refractivity contribution in [3.63, 3.8) is 0 Å². The van der Waals surface area contributed by atoms with Crippen molar-refractivity contribution in [3.05, 3.63) is 64.2 Å². The lowest BCUT2D eigenvalue weighted by Gasteiger charge is -2.35. The number of amides is 1. The van der Waals surface area contributed by atoms with Crippen molar-refractivity contribution in [1.29, 1.82) is 0 Å². The molecular formula is C23H27ClN2O2. The number of aliphatic hydroxyl groups excluding tert-OH is 1. The molecule has 2 heterocycles. The Bertz CT molecular complexity index is 840. The Morgan fingerprint density at radius 1 is 1.18 bits per heavy atom. The van der Waals surface area contributed by atoms with E-state index in [1.807, 2.05) is 12.1 Å². The molecular weight excluding hydrogens is 372 g/mol. The molecule has 1 saturated heterocycles. The summed E-state index contributed by atoms with van der Waals surface area (Å²) in [6.07, 6.45) is 3.90. The molecule has 0 bridgehead atoms. The molecule has 0 saturated carbocycles. The smallest absolute Gasteiger partial charge is 0.224 e. The zero-order valence-corrected chi connectivity index (χ0v) is 16.8. The molecule has 0 radical (unpaired) electrons. The summed E-state index contributed by atoms with van der Waals surface area (Å²) < 4.78 is 0. The first-order chi connectivity index (χ1) is 13.6. The van der Waals surface area contributed by atoms with Crippen molar-refractivity contribution in [2.75, 3.05) is 25.0 Å². The zero-order valence-electron chi connectivity index (χ0n) is 16.0. The van der Waals surface area contributed by atoms with Crippen LogP contribution in [0.1, 0.15) is 42.1 Å². The lowest BCUT2D eigenvalue weighted by Crippen LogP contribution is -2.39. The maximum atomic E-state index is 11.9. The number of hydrogen-bond acceptors (Lipinski definition) is 3. The first kappa shape index (κ1) is 19.4. The van der Waals surface area contributed by atoms with Crippen molar-refractivity contribution in [2.24, 2.45) is 5.92 Å². The Kier molecular flexibility index (Phi) is 6.00. The number of β-amino-alcohol motifs (C(OH)–C–C–N with tert-alkyl or cyclic N) is 1. The molecule has 0 spiro atoms. The number of halogens is 1. The second-order valence-corrected chi connectivity index (χ2v) is 8.42. The van der Waals surface area contributed by atoms with Gasteiger partial charge in [0.25, 0.3) is 0 Å². The van der Waals surface area contributed by atoms with Crippen LogP contribution in [0.25, 0.3) is 0 Å². The van der Waals surface area contributed by atoms with Gasteiger partial charge in [0.2, 0.25) is 5.91 Å². The highest BCUT2D eigenvalue weighted by Gasteiger charge is 2.27. The van der Waals surface area contributed by atoms with Gasteiger partial charge in [-0.15, -0.1) is 0 Å². The quantitative estimate of drug-likeness (QED) is 0.793. The summed E-state index contributed by atoms with van der Waals surface area (Å²) in [6, 6.07) is 14.4. The van der Waals surface area contributed by atoms with Crippen LogP contribution < -0.4 is 5.32 Å². The first-order valence-electron chi connectivity index (χ1n) is 10.2. The first-order valence-corrected chi connectivity index (χ1v) is 10.5. The topological polar surface area (TPSA) is 52.6 Å². The van der Waals surface area contributed by atoms with Gasteiger partial charge in [0.1, 0.15) is 0 Å². The molecule has 2 aromatic rings. The summed E-state index contributed by atoms with van der Waals surface area (Å²) in [5.74, 6) is 0.590. The number of nitrogens with one attached hydrogen (secondary N) is 1. The lowest BCUT2D eigenvalue weighted by molar-refractivity contribution is -0.116. The number of piperidine rings is 1. The predicted molar refractivity (Wildman–Crippen MR) is 113 cm³/mol. The third kappa shape index (κ3) is 4.40. The number of likely N-dealkylation sites (tertiary alicyclic amines) is 1. The van der Waals surface area contributed by atoms with Crippen LogP contribution in [0.4, 0.5) is 5.69 Å². The molecule has 2 aliphatic rings. The molecule has 2 atom stereocenters. The fourth-order valence-electron chi connectivity index (χ4n) is 4.54. The van der Waals surface area contributed by atoms with E-state index in [9.17, 15) is 9.90 Å². The van der Waals surface area contributed by atoms with Crippen molar-refractivity contribution in [2.45, 2.75) is 38.2 Å². The Labute approximate surface area is 171 Å². The van der Waals surface area contributed by atoms with Gasteiger partial charge in [0, 0.05) is 30.1 Å². The summed E-state index contributed by atoms with van der Waals surface area (Å²) in [4.78, 5) is 14.2. The maximum Gasteiger partial charge on any atom is 0.224 e. The number of benzene rings is 2. The molecule has 2 aliphatic heterocycles. The molecule has 0 aromatic heterocycles. The number of hydrogen-bond donors (Lipinski definition) is 2. The number of carbonyl (C=O) groups is 1. The lowest BCUT2D eigenvalue weighted by atomic mass is 9.90. The molecule has 4 nitrogen and oxygen atoms in total. The number of carbonyl (C=O) groups excluding carboxylic acids is 1. The Morgan fingerprint density at radius 3 is 2.82 bits per heavy atom. The Balaban J connectivity index is 1.45. The summed E-state index contributed by atoms with van der Waals surface area (Å²) in [6.45, 7) is 2.50. The second kappa shape index (κ2) is 8.64. The highest BCUT2D eigenvalue weighted by molar-refractivity contribution is 6.32. The van der Waals surface area contributed by atoms with Gasteiger partial charge in [-0.25, -0.2) is 0 Å². The molecule has 1 amide bonds. The number of anilines is 1. The average Bonchev–Trinajstić information content (AvgIpc) is 2.68. The van der Waals surface area contributed by atoms with Crippen LogP contribution in [0.15, 0.2) is 42.5 Å². The van der Waals surface area contributed by atoms with Crippen molar-refractivity contribution in [1.82, 2.24) is 4.90 Å². The molecule has 2 unspecified atom stereocenters. The normalized spacial score (nSPS) is 21.1. The van der Waals surface area contributed by atoms with Crippen LogP contribution in [0.3, 0.4) is 0 Å². The highest BCUT2D eigenvalue weighted by Crippen LogP contribution is 2.37. The van der Waals surface area contributed by atoms with E-state index in [1.54, 1.807) is 0 Å². The van der Waals surface area contributed by atoms with E-state index >= 15 is 0 Å². The van der Waals surface area contributed by atoms with Crippen LogP contribution in [-0.2, 0) is 17.6 Å². The third-order valence-electron chi connectivity index (χ3n) is 5.90. The molecule has 2 aromatic carbocycles. The monoisotopic (exact) mass is 398 g/mol. The van der Waals surface area contributed by atoms with Gasteiger partial charge < -0.3 is 15.3 Å². The fraction of sp³-hybridized carbons (Fsp3) is 0.435. The van der Waals surface area contributed by atoms with Crippen LogP contribution in [0, 0.1) is 5.92 Å². The predicted octanol–water partition coefficient (Wildman–Crippen LogP) is 4.21. The molecule has 28 heavy (non-hydrogen) atoms. The van der Waals surface area contributed by atoms with Crippen molar-refractivity contribution in [3.8, 4) is 0 Å². The molecule has 0 aliphatic carbocycles. The summed E-state index contributed by atoms with van der Waals surface area (Å²) in [7, 11) is 0. The van der Waals surface area contributed by atoms with E-state index < -0.39 is 6.10 Å². The zero-order chi connectivity index (χ0) is 19.5. The van der Waals surface area contributed by atoms with E-state index in [1.165, 1.54) is 12.0 Å². The van der Waals surface area contributed by atoms with Crippen LogP contribution in [-0.4, -0.2) is 35.5 Å². The summed E-state index contributed by atoms with van der Waals surface area (Å²) in [5, 5.41) is 14.4. The highest BCUT2D eigenvalue weighted by atomic mass is 35.5. The number of aryl methyl sites for hydroxylation is 1. The van der Waals surface area contributed by atoms with Crippen LogP contribution in [0.5, 0.6) is 0 Å². The molecule has 148 valence electrons. The van der Waals surface area contributed by atoms with Gasteiger partial charge in [0.15, 0.2) is 0 Å². The van der Waals surface area contributed by atoms with Crippen LogP contribution >= 0.6 is 11.6 Å². The number of fused-ring (bicyclic) bond motifs is 1. The minimum atomic E-state index is -0.712.